The highest BCUT2D eigenvalue weighted by Gasteiger charge is 2.45. The van der Waals surface area contributed by atoms with Gasteiger partial charge in [0.2, 0.25) is 0 Å². The highest BCUT2D eigenvalue weighted by Crippen LogP contribution is 2.40. The van der Waals surface area contributed by atoms with Crippen LogP contribution < -0.4 is 11.2 Å². The SMILES string of the molecule is Cc1ccccc1COCc1cn([C@H]2C[C@@H](O[Si](C)(C)C(C)(C)C)[C@@H](CO)O2)c(=O)[nH]c1=O. The van der Waals surface area contributed by atoms with Gasteiger partial charge < -0.3 is 19.0 Å². The van der Waals surface area contributed by atoms with E-state index in [0.29, 0.717) is 18.6 Å². The first-order chi connectivity index (χ1) is 15.4. The van der Waals surface area contributed by atoms with Crippen molar-refractivity contribution in [3.63, 3.8) is 0 Å². The van der Waals surface area contributed by atoms with Gasteiger partial charge in [-0.3, -0.25) is 14.3 Å². The Morgan fingerprint density at radius 3 is 2.48 bits per heavy atom. The Hall–Kier alpha value is -2.04. The second-order valence-electron chi connectivity index (χ2n) is 10.2. The summed E-state index contributed by atoms with van der Waals surface area (Å²) in [6.07, 6.45) is 0.389. The van der Waals surface area contributed by atoms with E-state index in [0.717, 1.165) is 11.1 Å². The third-order valence-electron chi connectivity index (χ3n) is 6.74. The number of rotatable bonds is 8. The number of ether oxygens (including phenoxy) is 2. The number of nitrogens with one attached hydrogen (secondary N) is 1. The topological polar surface area (TPSA) is 103 Å². The van der Waals surface area contributed by atoms with Crippen molar-refractivity contribution in [2.24, 2.45) is 0 Å². The predicted molar refractivity (Wildman–Crippen MR) is 129 cm³/mol. The first-order valence-corrected chi connectivity index (χ1v) is 14.2. The van der Waals surface area contributed by atoms with Gasteiger partial charge >= 0.3 is 5.69 Å². The fourth-order valence-corrected chi connectivity index (χ4v) is 4.96. The lowest BCUT2D eigenvalue weighted by molar-refractivity contribution is -0.0441. The Kier molecular flexibility index (Phi) is 7.80. The number of aliphatic hydroxyl groups is 1. The van der Waals surface area contributed by atoms with Crippen LogP contribution in [-0.4, -0.2) is 41.8 Å². The van der Waals surface area contributed by atoms with Gasteiger partial charge in [-0.15, -0.1) is 0 Å². The minimum absolute atomic E-state index is 0.00152. The first kappa shape index (κ1) is 25.6. The molecule has 182 valence electrons. The van der Waals surface area contributed by atoms with Crippen LogP contribution in [0.1, 0.15) is 50.1 Å². The Morgan fingerprint density at radius 2 is 1.85 bits per heavy atom. The lowest BCUT2D eigenvalue weighted by Gasteiger charge is -2.39. The summed E-state index contributed by atoms with van der Waals surface area (Å²) >= 11 is 0. The first-order valence-electron chi connectivity index (χ1n) is 11.3. The average molecular weight is 477 g/mol. The predicted octanol–water partition coefficient (Wildman–Crippen LogP) is 3.23. The van der Waals surface area contributed by atoms with Crippen LogP contribution in [0.4, 0.5) is 0 Å². The molecule has 3 atom stereocenters. The van der Waals surface area contributed by atoms with Crippen LogP contribution in [0.5, 0.6) is 0 Å². The number of benzene rings is 1. The van der Waals surface area contributed by atoms with Crippen molar-refractivity contribution in [3.8, 4) is 0 Å². The van der Waals surface area contributed by atoms with Crippen molar-refractivity contribution in [2.45, 2.75) is 83.9 Å². The molecule has 0 amide bonds. The summed E-state index contributed by atoms with van der Waals surface area (Å²) in [5.41, 5.74) is 1.45. The third-order valence-corrected chi connectivity index (χ3v) is 11.2. The molecule has 0 unspecified atom stereocenters. The maximum absolute atomic E-state index is 12.6. The molecule has 8 nitrogen and oxygen atoms in total. The molecule has 0 spiro atoms. The molecule has 1 aromatic heterocycles. The molecule has 1 saturated heterocycles. The fraction of sp³-hybridized carbons (Fsp3) is 0.583. The lowest BCUT2D eigenvalue weighted by atomic mass is 10.1. The minimum Gasteiger partial charge on any atom is -0.411 e. The van der Waals surface area contributed by atoms with E-state index in [1.165, 1.54) is 10.8 Å². The van der Waals surface area contributed by atoms with Crippen LogP contribution in [0.25, 0.3) is 0 Å². The van der Waals surface area contributed by atoms with Gasteiger partial charge in [0.05, 0.1) is 31.5 Å². The maximum Gasteiger partial charge on any atom is 0.330 e. The quantitative estimate of drug-likeness (QED) is 0.567. The molecule has 3 rings (SSSR count). The van der Waals surface area contributed by atoms with E-state index >= 15 is 0 Å². The number of H-pyrrole nitrogens is 1. The number of aromatic amines is 1. The van der Waals surface area contributed by atoms with E-state index in [4.69, 9.17) is 13.9 Å². The van der Waals surface area contributed by atoms with Crippen LogP contribution >= 0.6 is 0 Å². The zero-order valence-electron chi connectivity index (χ0n) is 20.4. The molecule has 0 bridgehead atoms. The van der Waals surface area contributed by atoms with Crippen LogP contribution in [0, 0.1) is 6.92 Å². The van der Waals surface area contributed by atoms with Crippen LogP contribution in [-0.2, 0) is 27.1 Å². The van der Waals surface area contributed by atoms with E-state index in [9.17, 15) is 14.7 Å². The Morgan fingerprint density at radius 1 is 1.18 bits per heavy atom. The second-order valence-corrected chi connectivity index (χ2v) is 15.0. The van der Waals surface area contributed by atoms with E-state index < -0.39 is 31.9 Å². The maximum atomic E-state index is 12.6. The number of aromatic nitrogens is 2. The van der Waals surface area contributed by atoms with Gasteiger partial charge in [-0.2, -0.15) is 0 Å². The summed E-state index contributed by atoms with van der Waals surface area (Å²) < 4.78 is 19.6. The summed E-state index contributed by atoms with van der Waals surface area (Å²) in [6.45, 7) is 12.9. The summed E-state index contributed by atoms with van der Waals surface area (Å²) in [5, 5.41) is 9.86. The molecule has 0 saturated carbocycles. The zero-order valence-corrected chi connectivity index (χ0v) is 21.4. The number of hydrogen-bond acceptors (Lipinski definition) is 6. The van der Waals surface area contributed by atoms with Gasteiger partial charge in [0.1, 0.15) is 12.3 Å². The lowest BCUT2D eigenvalue weighted by Crippen LogP contribution is -2.46. The van der Waals surface area contributed by atoms with Crippen molar-refractivity contribution in [1.29, 1.82) is 0 Å². The van der Waals surface area contributed by atoms with Crippen LogP contribution in [0.2, 0.25) is 18.1 Å². The van der Waals surface area contributed by atoms with Gasteiger partial charge in [0.15, 0.2) is 8.32 Å². The second kappa shape index (κ2) is 10.1. The fourth-order valence-electron chi connectivity index (χ4n) is 3.60. The molecule has 2 heterocycles. The number of hydrogen-bond donors (Lipinski definition) is 2. The molecular weight excluding hydrogens is 440 g/mol. The van der Waals surface area contributed by atoms with Crippen molar-refractivity contribution in [1.82, 2.24) is 9.55 Å². The molecule has 1 aromatic carbocycles. The van der Waals surface area contributed by atoms with Crippen molar-refractivity contribution in [2.75, 3.05) is 6.61 Å². The van der Waals surface area contributed by atoms with E-state index in [2.05, 4.69) is 38.8 Å². The van der Waals surface area contributed by atoms with E-state index in [1.54, 1.807) is 0 Å². The Balaban J connectivity index is 1.75. The Labute approximate surface area is 195 Å². The smallest absolute Gasteiger partial charge is 0.330 e. The number of aliphatic hydroxyl groups excluding tert-OH is 1. The molecule has 0 radical (unpaired) electrons. The summed E-state index contributed by atoms with van der Waals surface area (Å²) in [4.78, 5) is 27.3. The van der Waals surface area contributed by atoms with E-state index in [-0.39, 0.29) is 24.4 Å². The highest BCUT2D eigenvalue weighted by molar-refractivity contribution is 6.74. The molecule has 2 N–H and O–H groups in total. The molecule has 9 heteroatoms. The van der Waals surface area contributed by atoms with Gasteiger partial charge in [-0.05, 0) is 36.2 Å². The zero-order chi connectivity index (χ0) is 24.4. The molecule has 1 fully saturated rings. The average Bonchev–Trinajstić information content (AvgIpc) is 3.12. The number of nitrogens with zero attached hydrogens (tertiary/aromatic N) is 1. The Bertz CT molecular complexity index is 1070. The normalized spacial score (nSPS) is 21.5. The summed E-state index contributed by atoms with van der Waals surface area (Å²) in [5.74, 6) is 0. The van der Waals surface area contributed by atoms with Crippen molar-refractivity contribution in [3.05, 3.63) is 68.0 Å². The van der Waals surface area contributed by atoms with Crippen LogP contribution in [0.3, 0.4) is 0 Å². The van der Waals surface area contributed by atoms with Gasteiger partial charge in [0.25, 0.3) is 5.56 Å². The minimum atomic E-state index is -2.10. The molecular formula is C24H36N2O6Si. The molecule has 1 aliphatic rings. The van der Waals surface area contributed by atoms with Crippen molar-refractivity contribution < 1.29 is 19.0 Å². The van der Waals surface area contributed by atoms with Crippen LogP contribution in [0.15, 0.2) is 40.1 Å². The van der Waals surface area contributed by atoms with Gasteiger partial charge in [-0.1, -0.05) is 45.0 Å². The van der Waals surface area contributed by atoms with E-state index in [1.807, 2.05) is 31.2 Å². The van der Waals surface area contributed by atoms with Crippen molar-refractivity contribution >= 4 is 8.32 Å². The third kappa shape index (κ3) is 5.91. The summed E-state index contributed by atoms with van der Waals surface area (Å²) in [6, 6.07) is 7.88. The number of aryl methyl sites for hydroxylation is 1. The molecule has 33 heavy (non-hydrogen) atoms. The largest absolute Gasteiger partial charge is 0.411 e. The van der Waals surface area contributed by atoms with Gasteiger partial charge in [0, 0.05) is 12.6 Å². The molecule has 0 aliphatic carbocycles. The molecule has 1 aliphatic heterocycles. The van der Waals surface area contributed by atoms with Gasteiger partial charge in [-0.25, -0.2) is 4.79 Å². The molecule has 2 aromatic rings. The monoisotopic (exact) mass is 476 g/mol. The highest BCUT2D eigenvalue weighted by atomic mass is 28.4. The summed E-state index contributed by atoms with van der Waals surface area (Å²) in [7, 11) is -2.10. The standard InChI is InChI=1S/C24H36N2O6Si/c1-16-9-7-8-10-17(16)14-30-15-18-12-26(23(29)25-22(18)28)21-11-19(20(13-27)31-21)32-33(5,6)24(2,3)4/h7-10,12,19-21,27H,11,13-15H2,1-6H3,(H,25,28,29)/t19-,20-,21-/m1/s1.